The number of aliphatic hydroxyl groups is 1. The predicted molar refractivity (Wildman–Crippen MR) is 72.3 cm³/mol. The van der Waals surface area contributed by atoms with E-state index in [-0.39, 0.29) is 5.82 Å². The molecule has 0 aliphatic heterocycles. The Hall–Kier alpha value is -1.88. The molecule has 0 aliphatic carbocycles. The molecule has 1 N–H and O–H groups in total. The molecule has 2 aromatic rings. The molecule has 0 fully saturated rings. The average Bonchev–Trinajstić information content (AvgIpc) is 2.74. The highest BCUT2D eigenvalue weighted by molar-refractivity contribution is 5.49. The number of nitrogens with zero attached hydrogens (tertiary/aromatic N) is 3. The van der Waals surface area contributed by atoms with Gasteiger partial charge >= 0.3 is 0 Å². The van der Waals surface area contributed by atoms with E-state index in [0.717, 1.165) is 5.56 Å². The van der Waals surface area contributed by atoms with Gasteiger partial charge in [0.2, 0.25) is 0 Å². The molecular weight excluding hydrogens is 245 g/mol. The van der Waals surface area contributed by atoms with Crippen LogP contribution in [0.1, 0.15) is 24.2 Å². The first-order chi connectivity index (χ1) is 8.97. The fourth-order valence-corrected chi connectivity index (χ4v) is 2.01. The standard InChI is InChI=1S/C14H18FN3O/c1-10(19)12-4-5-14(13(15)6-12)17(2)8-11-7-16-18(3)9-11/h4-7,9-10,19H,8H2,1-3H3/t10-/m1/s1. The summed E-state index contributed by atoms with van der Waals surface area (Å²) >= 11 is 0. The first-order valence-corrected chi connectivity index (χ1v) is 6.13. The van der Waals surface area contributed by atoms with Crippen LogP contribution in [-0.2, 0) is 13.6 Å². The molecule has 0 saturated heterocycles. The number of hydrogen-bond acceptors (Lipinski definition) is 3. The Morgan fingerprint density at radius 2 is 2.21 bits per heavy atom. The average molecular weight is 263 g/mol. The van der Waals surface area contributed by atoms with Crippen molar-refractivity contribution in [2.75, 3.05) is 11.9 Å². The third-order valence-electron chi connectivity index (χ3n) is 3.04. The normalized spacial score (nSPS) is 12.5. The number of hydrogen-bond donors (Lipinski definition) is 1. The van der Waals surface area contributed by atoms with Gasteiger partial charge in [-0.1, -0.05) is 6.07 Å². The van der Waals surface area contributed by atoms with Crippen LogP contribution in [0.5, 0.6) is 0 Å². The molecule has 0 amide bonds. The van der Waals surface area contributed by atoms with Crippen molar-refractivity contribution < 1.29 is 9.50 Å². The lowest BCUT2D eigenvalue weighted by molar-refractivity contribution is 0.199. The zero-order chi connectivity index (χ0) is 14.0. The van der Waals surface area contributed by atoms with Gasteiger partial charge in [0, 0.05) is 32.4 Å². The van der Waals surface area contributed by atoms with Crippen LogP contribution in [0.25, 0.3) is 0 Å². The number of anilines is 1. The molecule has 19 heavy (non-hydrogen) atoms. The molecule has 0 unspecified atom stereocenters. The number of aliphatic hydroxyl groups excluding tert-OH is 1. The molecule has 0 aliphatic rings. The summed E-state index contributed by atoms with van der Waals surface area (Å²) in [6, 6.07) is 4.80. The molecule has 1 atom stereocenters. The fourth-order valence-electron chi connectivity index (χ4n) is 2.01. The number of aryl methyl sites for hydroxylation is 1. The monoisotopic (exact) mass is 263 g/mol. The summed E-state index contributed by atoms with van der Waals surface area (Å²) in [7, 11) is 3.68. The van der Waals surface area contributed by atoms with E-state index in [1.165, 1.54) is 6.07 Å². The Kier molecular flexibility index (Phi) is 3.85. The van der Waals surface area contributed by atoms with Gasteiger partial charge in [0.1, 0.15) is 5.82 Å². The van der Waals surface area contributed by atoms with Crippen molar-refractivity contribution >= 4 is 5.69 Å². The summed E-state index contributed by atoms with van der Waals surface area (Å²) in [6.07, 6.45) is 3.00. The molecule has 2 rings (SSSR count). The number of aromatic nitrogens is 2. The summed E-state index contributed by atoms with van der Waals surface area (Å²) in [6.45, 7) is 2.20. The second-order valence-electron chi connectivity index (χ2n) is 4.77. The minimum absolute atomic E-state index is 0.329. The first kappa shape index (κ1) is 13.5. The van der Waals surface area contributed by atoms with E-state index in [1.807, 2.05) is 25.2 Å². The third kappa shape index (κ3) is 3.12. The molecule has 1 aromatic heterocycles. The van der Waals surface area contributed by atoms with Gasteiger partial charge in [0.05, 0.1) is 18.0 Å². The lowest BCUT2D eigenvalue weighted by atomic mass is 10.1. The van der Waals surface area contributed by atoms with Crippen LogP contribution in [0, 0.1) is 5.82 Å². The van der Waals surface area contributed by atoms with E-state index in [9.17, 15) is 9.50 Å². The van der Waals surface area contributed by atoms with E-state index in [2.05, 4.69) is 5.10 Å². The van der Waals surface area contributed by atoms with Crippen molar-refractivity contribution in [3.05, 3.63) is 47.5 Å². The molecule has 0 spiro atoms. The summed E-state index contributed by atoms with van der Waals surface area (Å²) in [5.41, 5.74) is 2.10. The Labute approximate surface area is 112 Å². The smallest absolute Gasteiger partial charge is 0.146 e. The van der Waals surface area contributed by atoms with Crippen molar-refractivity contribution in [3.63, 3.8) is 0 Å². The van der Waals surface area contributed by atoms with Crippen molar-refractivity contribution in [3.8, 4) is 0 Å². The van der Waals surface area contributed by atoms with Crippen molar-refractivity contribution in [2.45, 2.75) is 19.6 Å². The molecule has 5 heteroatoms. The van der Waals surface area contributed by atoms with Crippen LogP contribution in [0.3, 0.4) is 0 Å². The van der Waals surface area contributed by atoms with Crippen molar-refractivity contribution in [1.29, 1.82) is 0 Å². The van der Waals surface area contributed by atoms with Crippen LogP contribution in [0.15, 0.2) is 30.6 Å². The van der Waals surface area contributed by atoms with Gasteiger partial charge in [-0.05, 0) is 24.6 Å². The van der Waals surface area contributed by atoms with Gasteiger partial charge in [-0.25, -0.2) is 4.39 Å². The Bertz CT molecular complexity index is 566. The second-order valence-corrected chi connectivity index (χ2v) is 4.77. The van der Waals surface area contributed by atoms with Gasteiger partial charge in [0.25, 0.3) is 0 Å². The molecular formula is C14H18FN3O. The van der Waals surface area contributed by atoms with Gasteiger partial charge in [0.15, 0.2) is 0 Å². The highest BCUT2D eigenvalue weighted by Gasteiger charge is 2.11. The van der Waals surface area contributed by atoms with Gasteiger partial charge in [-0.15, -0.1) is 0 Å². The molecule has 1 heterocycles. The predicted octanol–water partition coefficient (Wildman–Crippen LogP) is 2.25. The highest BCUT2D eigenvalue weighted by Crippen LogP contribution is 2.23. The van der Waals surface area contributed by atoms with Gasteiger partial charge < -0.3 is 10.0 Å². The minimum Gasteiger partial charge on any atom is -0.389 e. The topological polar surface area (TPSA) is 41.3 Å². The lowest BCUT2D eigenvalue weighted by Crippen LogP contribution is -2.17. The van der Waals surface area contributed by atoms with Crippen LogP contribution in [0.2, 0.25) is 0 Å². The van der Waals surface area contributed by atoms with Crippen LogP contribution in [0.4, 0.5) is 10.1 Å². The highest BCUT2D eigenvalue weighted by atomic mass is 19.1. The molecule has 0 bridgehead atoms. The number of benzene rings is 1. The second kappa shape index (κ2) is 5.40. The van der Waals surface area contributed by atoms with E-state index < -0.39 is 6.10 Å². The summed E-state index contributed by atoms with van der Waals surface area (Å²) in [5, 5.41) is 13.5. The molecule has 102 valence electrons. The number of halogens is 1. The van der Waals surface area contributed by atoms with E-state index >= 15 is 0 Å². The Morgan fingerprint density at radius 1 is 1.47 bits per heavy atom. The van der Waals surface area contributed by atoms with Crippen molar-refractivity contribution in [1.82, 2.24) is 9.78 Å². The molecule has 0 radical (unpaired) electrons. The van der Waals surface area contributed by atoms with E-state index in [0.29, 0.717) is 17.8 Å². The third-order valence-corrected chi connectivity index (χ3v) is 3.04. The number of rotatable bonds is 4. The largest absolute Gasteiger partial charge is 0.389 e. The summed E-state index contributed by atoms with van der Waals surface area (Å²) in [5.74, 6) is -0.329. The van der Waals surface area contributed by atoms with Crippen molar-refractivity contribution in [2.24, 2.45) is 7.05 Å². The molecule has 1 aromatic carbocycles. The first-order valence-electron chi connectivity index (χ1n) is 6.13. The molecule has 0 saturated carbocycles. The fraction of sp³-hybridized carbons (Fsp3) is 0.357. The zero-order valence-electron chi connectivity index (χ0n) is 11.3. The van der Waals surface area contributed by atoms with Gasteiger partial charge in [-0.2, -0.15) is 5.10 Å². The maximum atomic E-state index is 14.0. The van der Waals surface area contributed by atoms with Crippen LogP contribution >= 0.6 is 0 Å². The van der Waals surface area contributed by atoms with Crippen LogP contribution < -0.4 is 4.90 Å². The SMILES string of the molecule is C[C@@H](O)c1ccc(N(C)Cc2cnn(C)c2)c(F)c1. The Balaban J connectivity index is 2.17. The van der Waals surface area contributed by atoms with E-state index in [4.69, 9.17) is 0 Å². The minimum atomic E-state index is -0.660. The zero-order valence-corrected chi connectivity index (χ0v) is 11.3. The Morgan fingerprint density at radius 3 is 2.74 bits per heavy atom. The van der Waals surface area contributed by atoms with E-state index in [1.54, 1.807) is 29.9 Å². The molecule has 4 nitrogen and oxygen atoms in total. The lowest BCUT2D eigenvalue weighted by Gasteiger charge is -2.20. The quantitative estimate of drug-likeness (QED) is 0.920. The van der Waals surface area contributed by atoms with Gasteiger partial charge in [-0.3, -0.25) is 4.68 Å². The maximum Gasteiger partial charge on any atom is 0.146 e. The maximum absolute atomic E-state index is 14.0. The summed E-state index contributed by atoms with van der Waals surface area (Å²) in [4.78, 5) is 1.82. The summed E-state index contributed by atoms with van der Waals surface area (Å²) < 4.78 is 15.7. The van der Waals surface area contributed by atoms with Crippen LogP contribution in [-0.4, -0.2) is 21.9 Å².